The van der Waals surface area contributed by atoms with Crippen LogP contribution in [0.2, 0.25) is 0 Å². The third-order valence-corrected chi connectivity index (χ3v) is 5.48. The largest absolute Gasteiger partial charge is 0.447 e. The number of para-hydroxylation sites is 2. The molecular weight excluding hydrogens is 354 g/mol. The predicted molar refractivity (Wildman–Crippen MR) is 109 cm³/mol. The number of nitrogens with one attached hydrogen (secondary N) is 1. The first-order chi connectivity index (χ1) is 13.7. The number of nitrogens with zero attached hydrogens (tertiary/aromatic N) is 2. The summed E-state index contributed by atoms with van der Waals surface area (Å²) in [5.74, 6) is 0.491. The lowest BCUT2D eigenvalue weighted by atomic mass is 9.92. The molecule has 2 aromatic rings. The lowest BCUT2D eigenvalue weighted by Crippen LogP contribution is -2.36. The topological polar surface area (TPSA) is 61.9 Å². The van der Waals surface area contributed by atoms with Crippen LogP contribution in [0.3, 0.4) is 0 Å². The van der Waals surface area contributed by atoms with Crippen LogP contribution in [0.4, 0.5) is 21.0 Å². The van der Waals surface area contributed by atoms with E-state index in [0.29, 0.717) is 30.4 Å². The molecule has 0 spiro atoms. The molecule has 0 unspecified atom stereocenters. The summed E-state index contributed by atoms with van der Waals surface area (Å²) in [6.45, 7) is 2.32. The molecule has 6 heteroatoms. The minimum Gasteiger partial charge on any atom is -0.447 e. The molecule has 1 atom stereocenters. The van der Waals surface area contributed by atoms with E-state index >= 15 is 0 Å². The monoisotopic (exact) mass is 379 g/mol. The number of anilines is 2. The van der Waals surface area contributed by atoms with Crippen molar-refractivity contribution in [2.75, 3.05) is 36.5 Å². The van der Waals surface area contributed by atoms with E-state index in [1.165, 1.54) is 5.56 Å². The van der Waals surface area contributed by atoms with E-state index in [2.05, 4.69) is 29.6 Å². The predicted octanol–water partition coefficient (Wildman–Crippen LogP) is 4.44. The number of urea groups is 1. The van der Waals surface area contributed by atoms with E-state index < -0.39 is 0 Å². The van der Waals surface area contributed by atoms with Gasteiger partial charge < -0.3 is 15.0 Å². The summed E-state index contributed by atoms with van der Waals surface area (Å²) in [7, 11) is 0. The molecule has 2 saturated heterocycles. The fourth-order valence-electron chi connectivity index (χ4n) is 3.98. The number of hydrogen-bond donors (Lipinski definition) is 1. The number of likely N-dealkylation sites (tertiary alicyclic amines) is 1. The molecule has 3 amide bonds. The molecule has 0 aliphatic carbocycles. The zero-order chi connectivity index (χ0) is 19.3. The molecule has 146 valence electrons. The van der Waals surface area contributed by atoms with Crippen LogP contribution in [-0.2, 0) is 4.74 Å². The van der Waals surface area contributed by atoms with Gasteiger partial charge in [-0.3, -0.25) is 4.90 Å². The molecule has 2 heterocycles. The van der Waals surface area contributed by atoms with E-state index in [4.69, 9.17) is 4.74 Å². The van der Waals surface area contributed by atoms with Gasteiger partial charge in [-0.25, -0.2) is 9.59 Å². The van der Waals surface area contributed by atoms with Crippen molar-refractivity contribution in [3.05, 3.63) is 60.2 Å². The Bertz CT molecular complexity index is 840. The van der Waals surface area contributed by atoms with Gasteiger partial charge in [0, 0.05) is 13.1 Å². The average molecular weight is 379 g/mol. The molecule has 6 nitrogen and oxygen atoms in total. The quantitative estimate of drug-likeness (QED) is 0.857. The second kappa shape index (κ2) is 8.33. The van der Waals surface area contributed by atoms with E-state index in [1.807, 2.05) is 35.2 Å². The molecule has 4 rings (SSSR count). The standard InChI is InChI=1S/C22H25N3O3/c26-21(23-19-10-4-5-11-20(19)25-15-16-28-22(25)27)24-13-6-9-18(12-14-24)17-7-2-1-3-8-17/h1-5,7-8,10-11,18H,6,9,12-16H2,(H,23,26)/t18-/m0/s1. The molecule has 0 radical (unpaired) electrons. The molecule has 2 aliphatic heterocycles. The average Bonchev–Trinajstić information content (AvgIpc) is 3.00. The van der Waals surface area contributed by atoms with Crippen LogP contribution < -0.4 is 10.2 Å². The van der Waals surface area contributed by atoms with Gasteiger partial charge in [-0.1, -0.05) is 42.5 Å². The van der Waals surface area contributed by atoms with Crippen molar-refractivity contribution >= 4 is 23.5 Å². The van der Waals surface area contributed by atoms with Gasteiger partial charge in [0.15, 0.2) is 0 Å². The number of ether oxygens (including phenoxy) is 1. The van der Waals surface area contributed by atoms with E-state index in [9.17, 15) is 9.59 Å². The highest BCUT2D eigenvalue weighted by molar-refractivity contribution is 5.99. The van der Waals surface area contributed by atoms with Crippen molar-refractivity contribution in [2.24, 2.45) is 0 Å². The lowest BCUT2D eigenvalue weighted by molar-refractivity contribution is 0.181. The third kappa shape index (κ3) is 3.96. The summed E-state index contributed by atoms with van der Waals surface area (Å²) in [6, 6.07) is 17.8. The highest BCUT2D eigenvalue weighted by Crippen LogP contribution is 2.30. The van der Waals surface area contributed by atoms with Crippen molar-refractivity contribution in [1.29, 1.82) is 0 Å². The number of hydrogen-bond acceptors (Lipinski definition) is 3. The van der Waals surface area contributed by atoms with Crippen LogP contribution >= 0.6 is 0 Å². The highest BCUT2D eigenvalue weighted by Gasteiger charge is 2.27. The van der Waals surface area contributed by atoms with Gasteiger partial charge in [0.2, 0.25) is 0 Å². The van der Waals surface area contributed by atoms with Gasteiger partial charge in [-0.15, -0.1) is 0 Å². The maximum Gasteiger partial charge on any atom is 0.414 e. The summed E-state index contributed by atoms with van der Waals surface area (Å²) >= 11 is 0. The highest BCUT2D eigenvalue weighted by atomic mass is 16.6. The summed E-state index contributed by atoms with van der Waals surface area (Å²) in [4.78, 5) is 28.2. The number of carbonyl (C=O) groups is 2. The lowest BCUT2D eigenvalue weighted by Gasteiger charge is -2.23. The van der Waals surface area contributed by atoms with Gasteiger partial charge in [-0.2, -0.15) is 0 Å². The van der Waals surface area contributed by atoms with Gasteiger partial charge >= 0.3 is 12.1 Å². The molecule has 28 heavy (non-hydrogen) atoms. The Morgan fingerprint density at radius 3 is 2.54 bits per heavy atom. The normalized spacial score (nSPS) is 19.9. The minimum atomic E-state index is -0.373. The second-order valence-corrected chi connectivity index (χ2v) is 7.24. The van der Waals surface area contributed by atoms with E-state index in [0.717, 1.165) is 32.4 Å². The van der Waals surface area contributed by atoms with Crippen molar-refractivity contribution in [3.63, 3.8) is 0 Å². The SMILES string of the molecule is O=C(Nc1ccccc1N1CCOC1=O)N1CCC[C@H](c2ccccc2)CC1. The van der Waals surface area contributed by atoms with Crippen molar-refractivity contribution in [1.82, 2.24) is 4.90 Å². The van der Waals surface area contributed by atoms with Crippen LogP contribution in [0.15, 0.2) is 54.6 Å². The molecule has 2 aromatic carbocycles. The molecule has 2 aliphatic rings. The first-order valence-electron chi connectivity index (χ1n) is 9.86. The Hall–Kier alpha value is -3.02. The molecule has 0 saturated carbocycles. The zero-order valence-corrected chi connectivity index (χ0v) is 15.8. The molecular formula is C22H25N3O3. The Morgan fingerprint density at radius 1 is 0.964 bits per heavy atom. The van der Waals surface area contributed by atoms with Gasteiger partial charge in [0.25, 0.3) is 0 Å². The number of rotatable bonds is 3. The number of amides is 3. The summed E-state index contributed by atoms with van der Waals surface area (Å²) in [6.07, 6.45) is 2.65. The Morgan fingerprint density at radius 2 is 1.75 bits per heavy atom. The van der Waals surface area contributed by atoms with Crippen LogP contribution in [0.1, 0.15) is 30.7 Å². The van der Waals surface area contributed by atoms with E-state index in [1.54, 1.807) is 4.90 Å². The summed E-state index contributed by atoms with van der Waals surface area (Å²) in [5.41, 5.74) is 2.66. The fraction of sp³-hybridized carbons (Fsp3) is 0.364. The maximum absolute atomic E-state index is 12.9. The van der Waals surface area contributed by atoms with Gasteiger partial charge in [0.1, 0.15) is 6.61 Å². The summed E-state index contributed by atoms with van der Waals surface area (Å²) in [5, 5.41) is 3.00. The van der Waals surface area contributed by atoms with Crippen molar-refractivity contribution in [2.45, 2.75) is 25.2 Å². The molecule has 1 N–H and O–H groups in total. The maximum atomic E-state index is 12.9. The van der Waals surface area contributed by atoms with Crippen LogP contribution in [-0.4, -0.2) is 43.3 Å². The Labute approximate surface area is 165 Å². The van der Waals surface area contributed by atoms with Gasteiger partial charge in [-0.05, 0) is 42.9 Å². The second-order valence-electron chi connectivity index (χ2n) is 7.24. The third-order valence-electron chi connectivity index (χ3n) is 5.48. The first-order valence-corrected chi connectivity index (χ1v) is 9.86. The van der Waals surface area contributed by atoms with Crippen LogP contribution in [0, 0.1) is 0 Å². The minimum absolute atomic E-state index is 0.117. The number of benzene rings is 2. The fourth-order valence-corrected chi connectivity index (χ4v) is 3.98. The van der Waals surface area contributed by atoms with Gasteiger partial charge in [0.05, 0.1) is 17.9 Å². The molecule has 0 bridgehead atoms. The van der Waals surface area contributed by atoms with Crippen LogP contribution in [0.25, 0.3) is 0 Å². The van der Waals surface area contributed by atoms with Crippen LogP contribution in [0.5, 0.6) is 0 Å². The van der Waals surface area contributed by atoms with Crippen molar-refractivity contribution < 1.29 is 14.3 Å². The van der Waals surface area contributed by atoms with Crippen molar-refractivity contribution in [3.8, 4) is 0 Å². The number of carbonyl (C=O) groups excluding carboxylic acids is 2. The Balaban J connectivity index is 1.42. The number of cyclic esters (lactones) is 1. The Kier molecular flexibility index (Phi) is 5.46. The molecule has 2 fully saturated rings. The van der Waals surface area contributed by atoms with E-state index in [-0.39, 0.29) is 12.1 Å². The molecule has 0 aromatic heterocycles. The first kappa shape index (κ1) is 18.3. The smallest absolute Gasteiger partial charge is 0.414 e. The zero-order valence-electron chi connectivity index (χ0n) is 15.8. The summed E-state index contributed by atoms with van der Waals surface area (Å²) < 4.78 is 5.03.